The first kappa shape index (κ1) is 27.0. The summed E-state index contributed by atoms with van der Waals surface area (Å²) in [5.74, 6) is 0.199. The highest BCUT2D eigenvalue weighted by Crippen LogP contribution is 2.45. The lowest BCUT2D eigenvalue weighted by Crippen LogP contribution is -2.29. The van der Waals surface area contributed by atoms with Crippen molar-refractivity contribution in [1.29, 1.82) is 0 Å². The average Bonchev–Trinajstić information content (AvgIpc) is 3.60. The molecule has 1 saturated heterocycles. The molecule has 0 aliphatic carbocycles. The molecule has 1 fully saturated rings. The maximum absolute atomic E-state index is 13.7. The minimum Gasteiger partial charge on any atom is -0.507 e. The van der Waals surface area contributed by atoms with Gasteiger partial charge in [0, 0.05) is 12.0 Å². The standard InChI is InChI=1S/C33H32N2O5S/c1-18(2)12-13-39-24-7-5-6-21(17-24)29-28(30(36)22-9-11-26-23(16-22)15-20(4)40-26)31(37)32(38)35(29)33-34-25-10-8-19(3)14-27(25)41-33/h5-11,14,16-18,20,29,36H,12-13,15H2,1-4H3/b30-28+/t20-,29-/m1/s1. The fourth-order valence-electron chi connectivity index (χ4n) is 5.38. The SMILES string of the molecule is Cc1ccc2nc(N3C(=O)C(=O)/C(=C(/O)c4ccc5c(c4)C[C@@H](C)O5)[C@H]3c3cccc(OCCC(C)C)c3)sc2c1. The van der Waals surface area contributed by atoms with Gasteiger partial charge in [-0.1, -0.05) is 43.4 Å². The highest BCUT2D eigenvalue weighted by molar-refractivity contribution is 7.22. The average molecular weight is 569 g/mol. The lowest BCUT2D eigenvalue weighted by Gasteiger charge is -2.23. The van der Waals surface area contributed by atoms with E-state index in [0.717, 1.165) is 33.5 Å². The summed E-state index contributed by atoms with van der Waals surface area (Å²) < 4.78 is 12.8. The Morgan fingerprint density at radius 2 is 1.98 bits per heavy atom. The van der Waals surface area contributed by atoms with Gasteiger partial charge in [0.15, 0.2) is 5.13 Å². The maximum atomic E-state index is 13.7. The van der Waals surface area contributed by atoms with Gasteiger partial charge in [-0.3, -0.25) is 14.5 Å². The van der Waals surface area contributed by atoms with Crippen LogP contribution < -0.4 is 14.4 Å². The molecule has 0 saturated carbocycles. The number of Topliss-reactive ketones (excluding diaryl/α,β-unsaturated/α-hetero) is 1. The highest BCUT2D eigenvalue weighted by Gasteiger charge is 2.48. The summed E-state index contributed by atoms with van der Waals surface area (Å²) in [6.45, 7) is 8.81. The van der Waals surface area contributed by atoms with E-state index in [1.807, 2.05) is 62.4 Å². The van der Waals surface area contributed by atoms with Crippen LogP contribution in [0.4, 0.5) is 5.13 Å². The highest BCUT2D eigenvalue weighted by atomic mass is 32.1. The van der Waals surface area contributed by atoms with Crippen molar-refractivity contribution >= 4 is 44.1 Å². The van der Waals surface area contributed by atoms with Gasteiger partial charge in [0.1, 0.15) is 23.4 Å². The van der Waals surface area contributed by atoms with Gasteiger partial charge in [0.25, 0.3) is 5.78 Å². The maximum Gasteiger partial charge on any atom is 0.301 e. The Labute approximate surface area is 243 Å². The van der Waals surface area contributed by atoms with Crippen molar-refractivity contribution in [2.45, 2.75) is 52.7 Å². The van der Waals surface area contributed by atoms with Crippen molar-refractivity contribution < 1.29 is 24.2 Å². The summed E-state index contributed by atoms with van der Waals surface area (Å²) in [7, 11) is 0. The number of thiazole rings is 1. The van der Waals surface area contributed by atoms with E-state index in [4.69, 9.17) is 14.5 Å². The lowest BCUT2D eigenvalue weighted by atomic mass is 9.94. The number of aliphatic hydroxyl groups is 1. The second-order valence-electron chi connectivity index (χ2n) is 11.2. The zero-order chi connectivity index (χ0) is 28.8. The van der Waals surface area contributed by atoms with Crippen LogP contribution in [0.25, 0.3) is 16.0 Å². The minimum atomic E-state index is -0.881. The number of benzene rings is 3. The van der Waals surface area contributed by atoms with Crippen LogP contribution in [0.3, 0.4) is 0 Å². The number of aromatic nitrogens is 1. The molecule has 1 amide bonds. The van der Waals surface area contributed by atoms with Crippen molar-refractivity contribution in [2.24, 2.45) is 5.92 Å². The van der Waals surface area contributed by atoms with Crippen LogP contribution in [0, 0.1) is 12.8 Å². The number of amides is 1. The molecule has 210 valence electrons. The number of nitrogens with zero attached hydrogens (tertiary/aromatic N) is 2. The monoisotopic (exact) mass is 568 g/mol. The number of anilines is 1. The number of carbonyl (C=O) groups excluding carboxylic acids is 2. The molecule has 4 aromatic rings. The number of fused-ring (bicyclic) bond motifs is 2. The van der Waals surface area contributed by atoms with Crippen molar-refractivity contribution in [3.8, 4) is 11.5 Å². The van der Waals surface area contributed by atoms with E-state index in [1.165, 1.54) is 16.2 Å². The number of rotatable bonds is 7. The topological polar surface area (TPSA) is 89.0 Å². The third-order valence-corrected chi connectivity index (χ3v) is 8.51. The first-order chi connectivity index (χ1) is 19.7. The van der Waals surface area contributed by atoms with Crippen LogP contribution in [0.2, 0.25) is 0 Å². The van der Waals surface area contributed by atoms with E-state index in [2.05, 4.69) is 13.8 Å². The Bertz CT molecular complexity index is 1710. The molecule has 3 aromatic carbocycles. The van der Waals surface area contributed by atoms with Gasteiger partial charge in [-0.2, -0.15) is 0 Å². The summed E-state index contributed by atoms with van der Waals surface area (Å²) >= 11 is 1.35. The molecular formula is C33H32N2O5S. The lowest BCUT2D eigenvalue weighted by molar-refractivity contribution is -0.132. The minimum absolute atomic E-state index is 0.0247. The molecule has 0 unspecified atom stereocenters. The summed E-state index contributed by atoms with van der Waals surface area (Å²) in [6, 6.07) is 17.8. The van der Waals surface area contributed by atoms with Gasteiger partial charge >= 0.3 is 5.91 Å². The summed E-state index contributed by atoms with van der Waals surface area (Å²) in [4.78, 5) is 33.5. The van der Waals surface area contributed by atoms with Crippen molar-refractivity contribution in [3.05, 3.63) is 88.5 Å². The molecule has 8 heteroatoms. The van der Waals surface area contributed by atoms with Gasteiger partial charge in [0.05, 0.1) is 28.4 Å². The molecule has 1 aromatic heterocycles. The third kappa shape index (κ3) is 5.08. The quantitative estimate of drug-likeness (QED) is 0.147. The molecule has 0 bridgehead atoms. The predicted molar refractivity (Wildman–Crippen MR) is 161 cm³/mol. The second-order valence-corrected chi connectivity index (χ2v) is 12.2. The summed E-state index contributed by atoms with van der Waals surface area (Å²) in [6.07, 6.45) is 1.64. The molecule has 2 aliphatic heterocycles. The first-order valence-electron chi connectivity index (χ1n) is 13.9. The number of aryl methyl sites for hydroxylation is 1. The zero-order valence-corrected chi connectivity index (χ0v) is 24.3. The Kier molecular flexibility index (Phi) is 7.03. The molecule has 2 atom stereocenters. The zero-order valence-electron chi connectivity index (χ0n) is 23.5. The number of ether oxygens (including phenoxy) is 2. The molecule has 2 aliphatic rings. The van der Waals surface area contributed by atoms with Crippen molar-refractivity contribution in [2.75, 3.05) is 11.5 Å². The molecule has 6 rings (SSSR count). The molecule has 3 heterocycles. The van der Waals surface area contributed by atoms with Gasteiger partial charge in [-0.05, 0) is 85.3 Å². The molecule has 0 spiro atoms. The summed E-state index contributed by atoms with van der Waals surface area (Å²) in [5, 5.41) is 12.0. The van der Waals surface area contributed by atoms with E-state index in [1.54, 1.807) is 12.1 Å². The van der Waals surface area contributed by atoms with Crippen LogP contribution in [-0.2, 0) is 16.0 Å². The predicted octanol–water partition coefficient (Wildman–Crippen LogP) is 6.98. The van der Waals surface area contributed by atoms with E-state index < -0.39 is 17.7 Å². The van der Waals surface area contributed by atoms with Crippen molar-refractivity contribution in [1.82, 2.24) is 4.98 Å². The van der Waals surface area contributed by atoms with E-state index in [0.29, 0.717) is 41.0 Å². The first-order valence-corrected chi connectivity index (χ1v) is 14.7. The van der Waals surface area contributed by atoms with E-state index in [-0.39, 0.29) is 17.4 Å². The Hall–Kier alpha value is -4.17. The third-order valence-electron chi connectivity index (χ3n) is 7.49. The molecular weight excluding hydrogens is 536 g/mol. The fourth-order valence-corrected chi connectivity index (χ4v) is 6.47. The second kappa shape index (κ2) is 10.7. The van der Waals surface area contributed by atoms with Crippen LogP contribution >= 0.6 is 11.3 Å². The van der Waals surface area contributed by atoms with Crippen LogP contribution in [0.1, 0.15) is 55.5 Å². The normalized spacial score (nSPS) is 19.7. The largest absolute Gasteiger partial charge is 0.507 e. The number of hydrogen-bond acceptors (Lipinski definition) is 7. The van der Waals surface area contributed by atoms with Crippen LogP contribution in [-0.4, -0.2) is 34.5 Å². The molecule has 0 radical (unpaired) electrons. The summed E-state index contributed by atoms with van der Waals surface area (Å²) in [5.41, 5.74) is 3.92. The Morgan fingerprint density at radius 1 is 1.15 bits per heavy atom. The molecule has 1 N–H and O–H groups in total. The fraction of sp³-hybridized carbons (Fsp3) is 0.303. The number of aliphatic hydroxyl groups excluding tert-OH is 1. The number of ketones is 1. The number of hydrogen-bond donors (Lipinski definition) is 1. The van der Waals surface area contributed by atoms with Crippen LogP contribution in [0.5, 0.6) is 11.5 Å². The molecule has 41 heavy (non-hydrogen) atoms. The molecule has 7 nitrogen and oxygen atoms in total. The smallest absolute Gasteiger partial charge is 0.301 e. The van der Waals surface area contributed by atoms with Crippen molar-refractivity contribution in [3.63, 3.8) is 0 Å². The van der Waals surface area contributed by atoms with Gasteiger partial charge < -0.3 is 14.6 Å². The van der Waals surface area contributed by atoms with Gasteiger partial charge in [0.2, 0.25) is 0 Å². The Morgan fingerprint density at radius 3 is 2.78 bits per heavy atom. The van der Waals surface area contributed by atoms with E-state index in [9.17, 15) is 14.7 Å². The Balaban J connectivity index is 1.48. The van der Waals surface area contributed by atoms with Crippen LogP contribution in [0.15, 0.2) is 66.2 Å². The number of carbonyl (C=O) groups is 2. The van der Waals surface area contributed by atoms with Gasteiger partial charge in [-0.15, -0.1) is 0 Å². The van der Waals surface area contributed by atoms with E-state index >= 15 is 0 Å². The van der Waals surface area contributed by atoms with Gasteiger partial charge in [-0.25, -0.2) is 4.98 Å².